The number of hydrogen-bond donors (Lipinski definition) is 2. The number of amides is 3. The van der Waals surface area contributed by atoms with E-state index in [1.165, 1.54) is 46.2 Å². The molecule has 2 aromatic carbocycles. The molecule has 0 aromatic heterocycles. The standard InChI is InChI=1S/C19H21FN4O4S/c20-15-3-5-16(6-4-15)24-12-11-23(19(24)26)13-18(25)22-10-9-14-1-7-17(8-2-14)29(21,27)28/h1-8H,9-13H2,(H,22,25)(H2,21,27,28). The van der Waals surface area contributed by atoms with Crippen LogP contribution in [0.1, 0.15) is 5.56 Å². The summed E-state index contributed by atoms with van der Waals surface area (Å²) in [5.41, 5.74) is 1.43. The van der Waals surface area contributed by atoms with E-state index in [-0.39, 0.29) is 29.2 Å². The maximum atomic E-state index is 13.0. The molecule has 1 aliphatic rings. The molecule has 2 aromatic rings. The number of primary sulfonamides is 1. The van der Waals surface area contributed by atoms with E-state index in [1.54, 1.807) is 12.1 Å². The lowest BCUT2D eigenvalue weighted by Crippen LogP contribution is -2.40. The number of halogens is 1. The number of anilines is 1. The second kappa shape index (κ2) is 8.58. The largest absolute Gasteiger partial charge is 0.354 e. The van der Waals surface area contributed by atoms with Gasteiger partial charge in [-0.1, -0.05) is 12.1 Å². The first kappa shape index (κ1) is 20.7. The minimum atomic E-state index is -3.73. The van der Waals surface area contributed by atoms with Crippen LogP contribution in [0.2, 0.25) is 0 Å². The summed E-state index contributed by atoms with van der Waals surface area (Å²) in [7, 11) is -3.73. The summed E-state index contributed by atoms with van der Waals surface area (Å²) in [6, 6.07) is 11.4. The molecule has 1 fully saturated rings. The Morgan fingerprint density at radius 2 is 1.72 bits per heavy atom. The Labute approximate surface area is 168 Å². The Morgan fingerprint density at radius 3 is 2.34 bits per heavy atom. The van der Waals surface area contributed by atoms with Crippen LogP contribution in [0.3, 0.4) is 0 Å². The smallest absolute Gasteiger partial charge is 0.325 e. The van der Waals surface area contributed by atoms with Gasteiger partial charge >= 0.3 is 6.03 Å². The summed E-state index contributed by atoms with van der Waals surface area (Å²) in [4.78, 5) is 27.6. The van der Waals surface area contributed by atoms with E-state index >= 15 is 0 Å². The number of sulfonamides is 1. The summed E-state index contributed by atoms with van der Waals surface area (Å²) >= 11 is 0. The van der Waals surface area contributed by atoms with Crippen molar-refractivity contribution < 1.29 is 22.4 Å². The average molecular weight is 420 g/mol. The van der Waals surface area contributed by atoms with Gasteiger partial charge < -0.3 is 10.2 Å². The molecule has 3 amide bonds. The molecular weight excluding hydrogens is 399 g/mol. The maximum absolute atomic E-state index is 13.0. The van der Waals surface area contributed by atoms with Crippen LogP contribution in [0.5, 0.6) is 0 Å². The zero-order valence-electron chi connectivity index (χ0n) is 15.5. The normalized spacial score (nSPS) is 14.3. The summed E-state index contributed by atoms with van der Waals surface area (Å²) in [5, 5.41) is 7.79. The molecule has 154 valence electrons. The monoisotopic (exact) mass is 420 g/mol. The highest BCUT2D eigenvalue weighted by Gasteiger charge is 2.30. The predicted octanol–water partition coefficient (Wildman–Crippen LogP) is 1.07. The van der Waals surface area contributed by atoms with E-state index in [0.717, 1.165) is 5.56 Å². The maximum Gasteiger partial charge on any atom is 0.325 e. The summed E-state index contributed by atoms with van der Waals surface area (Å²) in [5.74, 6) is -0.670. The third kappa shape index (κ3) is 5.30. The van der Waals surface area contributed by atoms with Gasteiger partial charge in [-0.2, -0.15) is 0 Å². The molecule has 29 heavy (non-hydrogen) atoms. The van der Waals surface area contributed by atoms with Crippen LogP contribution in [-0.2, 0) is 21.2 Å². The van der Waals surface area contributed by atoms with Crippen molar-refractivity contribution in [2.24, 2.45) is 5.14 Å². The van der Waals surface area contributed by atoms with Crippen molar-refractivity contribution in [1.82, 2.24) is 10.2 Å². The third-order valence-electron chi connectivity index (χ3n) is 4.56. The minimum Gasteiger partial charge on any atom is -0.354 e. The van der Waals surface area contributed by atoms with Crippen LogP contribution in [0.15, 0.2) is 53.4 Å². The first-order valence-electron chi connectivity index (χ1n) is 8.94. The molecule has 0 atom stereocenters. The van der Waals surface area contributed by atoms with Crippen LogP contribution in [-0.4, -0.2) is 51.4 Å². The van der Waals surface area contributed by atoms with Crippen LogP contribution < -0.4 is 15.4 Å². The van der Waals surface area contributed by atoms with E-state index in [9.17, 15) is 22.4 Å². The number of benzene rings is 2. The zero-order chi connectivity index (χ0) is 21.0. The van der Waals surface area contributed by atoms with Crippen molar-refractivity contribution in [3.63, 3.8) is 0 Å². The van der Waals surface area contributed by atoms with Crippen molar-refractivity contribution in [1.29, 1.82) is 0 Å². The summed E-state index contributed by atoms with van der Waals surface area (Å²) in [6.07, 6.45) is 0.506. The van der Waals surface area contributed by atoms with E-state index in [2.05, 4.69) is 5.32 Å². The van der Waals surface area contributed by atoms with Gasteiger partial charge in [0.2, 0.25) is 15.9 Å². The molecule has 3 N–H and O–H groups in total. The molecule has 1 aliphatic heterocycles. The number of nitrogens with two attached hydrogens (primary N) is 1. The first-order chi connectivity index (χ1) is 13.7. The van der Waals surface area contributed by atoms with Gasteiger partial charge in [0, 0.05) is 25.3 Å². The second-order valence-electron chi connectivity index (χ2n) is 6.62. The number of carbonyl (C=O) groups is 2. The fourth-order valence-electron chi connectivity index (χ4n) is 3.01. The fraction of sp³-hybridized carbons (Fsp3) is 0.263. The number of urea groups is 1. The zero-order valence-corrected chi connectivity index (χ0v) is 16.4. The Hall–Kier alpha value is -2.98. The minimum absolute atomic E-state index is 0.0311. The highest BCUT2D eigenvalue weighted by Crippen LogP contribution is 2.20. The lowest BCUT2D eigenvalue weighted by Gasteiger charge is -2.18. The number of nitrogens with one attached hydrogen (secondary N) is 1. The molecule has 0 saturated carbocycles. The fourth-order valence-corrected chi connectivity index (χ4v) is 3.53. The van der Waals surface area contributed by atoms with Crippen LogP contribution in [0.25, 0.3) is 0 Å². The van der Waals surface area contributed by atoms with E-state index < -0.39 is 10.0 Å². The van der Waals surface area contributed by atoms with Gasteiger partial charge in [-0.15, -0.1) is 0 Å². The predicted molar refractivity (Wildman–Crippen MR) is 105 cm³/mol. The molecule has 1 saturated heterocycles. The van der Waals surface area contributed by atoms with Crippen LogP contribution in [0.4, 0.5) is 14.9 Å². The highest BCUT2D eigenvalue weighted by molar-refractivity contribution is 7.89. The van der Waals surface area contributed by atoms with Gasteiger partial charge in [-0.3, -0.25) is 9.69 Å². The molecule has 0 unspecified atom stereocenters. The molecule has 0 aliphatic carbocycles. The Kier molecular flexibility index (Phi) is 6.14. The molecule has 1 heterocycles. The Balaban J connectivity index is 1.46. The van der Waals surface area contributed by atoms with Crippen molar-refractivity contribution in [2.75, 3.05) is 31.1 Å². The van der Waals surface area contributed by atoms with Crippen molar-refractivity contribution in [2.45, 2.75) is 11.3 Å². The van der Waals surface area contributed by atoms with Crippen LogP contribution >= 0.6 is 0 Å². The topological polar surface area (TPSA) is 113 Å². The van der Waals surface area contributed by atoms with E-state index in [0.29, 0.717) is 31.7 Å². The quantitative estimate of drug-likeness (QED) is 0.698. The van der Waals surface area contributed by atoms with Gasteiger partial charge in [0.25, 0.3) is 0 Å². The number of rotatable bonds is 7. The van der Waals surface area contributed by atoms with Crippen molar-refractivity contribution >= 4 is 27.6 Å². The number of nitrogens with zero attached hydrogens (tertiary/aromatic N) is 2. The number of hydrogen-bond acceptors (Lipinski definition) is 4. The molecular formula is C19H21FN4O4S. The molecule has 0 radical (unpaired) electrons. The molecule has 3 rings (SSSR count). The molecule has 10 heteroatoms. The SMILES string of the molecule is NS(=O)(=O)c1ccc(CCNC(=O)CN2CCN(c3ccc(F)cc3)C2=O)cc1. The lowest BCUT2D eigenvalue weighted by molar-refractivity contribution is -0.121. The van der Waals surface area contributed by atoms with E-state index in [4.69, 9.17) is 5.14 Å². The lowest BCUT2D eigenvalue weighted by atomic mass is 10.1. The van der Waals surface area contributed by atoms with Gasteiger partial charge in [-0.25, -0.2) is 22.7 Å². The van der Waals surface area contributed by atoms with Crippen molar-refractivity contribution in [3.8, 4) is 0 Å². The van der Waals surface area contributed by atoms with Gasteiger partial charge in [0.15, 0.2) is 0 Å². The summed E-state index contributed by atoms with van der Waals surface area (Å²) in [6.45, 7) is 1.10. The Bertz CT molecular complexity index is 994. The van der Waals surface area contributed by atoms with Gasteiger partial charge in [0.05, 0.1) is 4.90 Å². The third-order valence-corrected chi connectivity index (χ3v) is 5.48. The highest BCUT2D eigenvalue weighted by atomic mass is 32.2. The van der Waals surface area contributed by atoms with Gasteiger partial charge in [0.1, 0.15) is 12.4 Å². The van der Waals surface area contributed by atoms with E-state index in [1.807, 2.05) is 0 Å². The van der Waals surface area contributed by atoms with Crippen LogP contribution in [0, 0.1) is 5.82 Å². The number of carbonyl (C=O) groups excluding carboxylic acids is 2. The second-order valence-corrected chi connectivity index (χ2v) is 8.18. The average Bonchev–Trinajstić information content (AvgIpc) is 3.02. The van der Waals surface area contributed by atoms with Gasteiger partial charge in [-0.05, 0) is 48.4 Å². The summed E-state index contributed by atoms with van der Waals surface area (Å²) < 4.78 is 35.5. The molecule has 8 nitrogen and oxygen atoms in total. The molecule has 0 bridgehead atoms. The molecule has 0 spiro atoms. The first-order valence-corrected chi connectivity index (χ1v) is 10.5. The van der Waals surface area contributed by atoms with Crippen molar-refractivity contribution in [3.05, 3.63) is 59.9 Å². The Morgan fingerprint density at radius 1 is 1.07 bits per heavy atom.